The van der Waals surface area contributed by atoms with Gasteiger partial charge in [0.2, 0.25) is 0 Å². The molecule has 0 aromatic heterocycles. The highest BCUT2D eigenvalue weighted by Gasteiger charge is 2.17. The van der Waals surface area contributed by atoms with Crippen molar-refractivity contribution in [1.29, 1.82) is 0 Å². The average Bonchev–Trinajstić information content (AvgIpc) is 2.46. The van der Waals surface area contributed by atoms with Crippen molar-refractivity contribution in [1.82, 2.24) is 4.90 Å². The summed E-state index contributed by atoms with van der Waals surface area (Å²) >= 11 is 0. The van der Waals surface area contributed by atoms with E-state index in [-0.39, 0.29) is 4.90 Å². The lowest BCUT2D eigenvalue weighted by Crippen LogP contribution is -2.10. The molecule has 4 nitrogen and oxygen atoms in total. The van der Waals surface area contributed by atoms with Crippen LogP contribution in [0.15, 0.2) is 63.9 Å². The topological polar surface area (TPSA) is 49.7 Å². The Morgan fingerprint density at radius 1 is 0.950 bits per heavy atom. The van der Waals surface area contributed by atoms with Gasteiger partial charge in [-0.3, -0.25) is 0 Å². The third kappa shape index (κ3) is 3.24. The zero-order chi connectivity index (χ0) is 14.6. The third-order valence-electron chi connectivity index (χ3n) is 2.67. The number of rotatable bonds is 4. The van der Waals surface area contributed by atoms with Crippen LogP contribution < -0.4 is 0 Å². The Hall–Kier alpha value is -2.14. The molecular weight excluding hydrogens is 272 g/mol. The van der Waals surface area contributed by atoms with Crippen LogP contribution in [-0.4, -0.2) is 33.8 Å². The highest BCUT2D eigenvalue weighted by molar-refractivity contribution is 7.90. The molecule has 0 bridgehead atoms. The second kappa shape index (κ2) is 5.88. The van der Waals surface area contributed by atoms with E-state index in [1.54, 1.807) is 37.2 Å². The molecule has 0 saturated heterocycles. The predicted octanol–water partition coefficient (Wildman–Crippen LogP) is 2.63. The van der Waals surface area contributed by atoms with E-state index in [4.69, 9.17) is 0 Å². The SMILES string of the molecule is CN(C)C=NS(=O)(=O)c1ccccc1-c1ccccc1. The molecule has 0 fully saturated rings. The molecule has 2 aromatic carbocycles. The van der Waals surface area contributed by atoms with E-state index in [0.29, 0.717) is 5.56 Å². The number of benzene rings is 2. The van der Waals surface area contributed by atoms with E-state index >= 15 is 0 Å². The Kier molecular flexibility index (Phi) is 4.20. The lowest BCUT2D eigenvalue weighted by molar-refractivity contribution is 0.595. The summed E-state index contributed by atoms with van der Waals surface area (Å²) in [5.74, 6) is 0. The zero-order valence-corrected chi connectivity index (χ0v) is 12.2. The van der Waals surface area contributed by atoms with E-state index in [1.165, 1.54) is 6.34 Å². The van der Waals surface area contributed by atoms with Crippen LogP contribution in [0, 0.1) is 0 Å². The minimum absolute atomic E-state index is 0.212. The van der Waals surface area contributed by atoms with E-state index in [2.05, 4.69) is 4.40 Å². The molecule has 20 heavy (non-hydrogen) atoms. The second-order valence-corrected chi connectivity index (χ2v) is 6.12. The van der Waals surface area contributed by atoms with Crippen molar-refractivity contribution in [3.8, 4) is 11.1 Å². The number of hydrogen-bond acceptors (Lipinski definition) is 2. The molecule has 2 aromatic rings. The van der Waals surface area contributed by atoms with E-state index in [9.17, 15) is 8.42 Å². The first-order chi connectivity index (χ1) is 9.50. The first kappa shape index (κ1) is 14.3. The molecule has 0 heterocycles. The Morgan fingerprint density at radius 2 is 1.55 bits per heavy atom. The van der Waals surface area contributed by atoms with Crippen LogP contribution >= 0.6 is 0 Å². The first-order valence-corrected chi connectivity index (χ1v) is 7.56. The first-order valence-electron chi connectivity index (χ1n) is 6.12. The van der Waals surface area contributed by atoms with Crippen LogP contribution in [0.1, 0.15) is 0 Å². The van der Waals surface area contributed by atoms with Gasteiger partial charge in [-0.05, 0) is 11.6 Å². The highest BCUT2D eigenvalue weighted by atomic mass is 32.2. The Bertz CT molecular complexity index is 708. The van der Waals surface area contributed by atoms with E-state index in [0.717, 1.165) is 5.56 Å². The van der Waals surface area contributed by atoms with Crippen LogP contribution in [0.25, 0.3) is 11.1 Å². The summed E-state index contributed by atoms with van der Waals surface area (Å²) in [6, 6.07) is 16.3. The quantitative estimate of drug-likeness (QED) is 0.642. The molecule has 0 unspecified atom stereocenters. The van der Waals surface area contributed by atoms with Crippen LogP contribution in [0.4, 0.5) is 0 Å². The molecule has 5 heteroatoms. The van der Waals surface area contributed by atoms with Gasteiger partial charge in [0.1, 0.15) is 6.34 Å². The van der Waals surface area contributed by atoms with Gasteiger partial charge in [-0.15, -0.1) is 4.40 Å². The summed E-state index contributed by atoms with van der Waals surface area (Å²) in [5.41, 5.74) is 1.51. The minimum Gasteiger partial charge on any atom is -0.368 e. The summed E-state index contributed by atoms with van der Waals surface area (Å²) in [7, 11) is -0.258. The molecule has 0 saturated carbocycles. The van der Waals surface area contributed by atoms with Gasteiger partial charge in [0.15, 0.2) is 0 Å². The van der Waals surface area contributed by atoms with Crippen molar-refractivity contribution in [3.05, 3.63) is 54.6 Å². The second-order valence-electron chi connectivity index (χ2n) is 4.52. The fourth-order valence-electron chi connectivity index (χ4n) is 1.76. The lowest BCUT2D eigenvalue weighted by atomic mass is 10.1. The maximum Gasteiger partial charge on any atom is 0.284 e. The molecule has 0 amide bonds. The van der Waals surface area contributed by atoms with Gasteiger partial charge >= 0.3 is 0 Å². The van der Waals surface area contributed by atoms with Crippen LogP contribution in [0.3, 0.4) is 0 Å². The zero-order valence-electron chi connectivity index (χ0n) is 11.4. The molecule has 0 aliphatic heterocycles. The molecular formula is C15H16N2O2S. The molecule has 0 aliphatic carbocycles. The van der Waals surface area contributed by atoms with Gasteiger partial charge in [-0.2, -0.15) is 8.42 Å². The molecule has 2 rings (SSSR count). The van der Waals surface area contributed by atoms with Gasteiger partial charge < -0.3 is 4.90 Å². The standard InChI is InChI=1S/C15H16N2O2S/c1-17(2)12-16-20(18,19)15-11-7-6-10-14(15)13-8-4-3-5-9-13/h3-12H,1-2H3. The van der Waals surface area contributed by atoms with Crippen LogP contribution in [-0.2, 0) is 10.0 Å². The summed E-state index contributed by atoms with van der Waals surface area (Å²) in [6.45, 7) is 0. The molecule has 0 aliphatic rings. The number of nitrogens with zero attached hydrogens (tertiary/aromatic N) is 2. The fourth-order valence-corrected chi connectivity index (χ4v) is 2.90. The third-order valence-corrected chi connectivity index (χ3v) is 3.95. The monoisotopic (exact) mass is 288 g/mol. The van der Waals surface area contributed by atoms with Crippen molar-refractivity contribution in [2.75, 3.05) is 14.1 Å². The normalized spacial score (nSPS) is 11.7. The molecule has 0 N–H and O–H groups in total. The lowest BCUT2D eigenvalue weighted by Gasteiger charge is -2.08. The maximum absolute atomic E-state index is 12.3. The highest BCUT2D eigenvalue weighted by Crippen LogP contribution is 2.27. The molecule has 0 radical (unpaired) electrons. The Labute approximate surface area is 119 Å². The van der Waals surface area contributed by atoms with Crippen LogP contribution in [0.5, 0.6) is 0 Å². The summed E-state index contributed by atoms with van der Waals surface area (Å²) in [4.78, 5) is 1.80. The van der Waals surface area contributed by atoms with Gasteiger partial charge in [-0.1, -0.05) is 48.5 Å². The molecule has 104 valence electrons. The maximum atomic E-state index is 12.3. The minimum atomic E-state index is -3.71. The van der Waals surface area contributed by atoms with Gasteiger partial charge in [0.05, 0.1) is 4.90 Å². The van der Waals surface area contributed by atoms with Crippen molar-refractivity contribution in [2.24, 2.45) is 4.40 Å². The fraction of sp³-hybridized carbons (Fsp3) is 0.133. The number of hydrogen-bond donors (Lipinski definition) is 0. The molecule has 0 atom stereocenters. The van der Waals surface area contributed by atoms with Crippen molar-refractivity contribution in [2.45, 2.75) is 4.90 Å². The largest absolute Gasteiger partial charge is 0.368 e. The summed E-state index contributed by atoms with van der Waals surface area (Å²) < 4.78 is 28.3. The van der Waals surface area contributed by atoms with Crippen molar-refractivity contribution in [3.63, 3.8) is 0 Å². The predicted molar refractivity (Wildman–Crippen MR) is 81.2 cm³/mol. The van der Waals surface area contributed by atoms with E-state index in [1.807, 2.05) is 36.4 Å². The summed E-state index contributed by atoms with van der Waals surface area (Å²) in [5, 5.41) is 0. The van der Waals surface area contributed by atoms with Crippen LogP contribution in [0.2, 0.25) is 0 Å². The van der Waals surface area contributed by atoms with Gasteiger partial charge in [-0.25, -0.2) is 0 Å². The molecule has 0 spiro atoms. The van der Waals surface area contributed by atoms with E-state index < -0.39 is 10.0 Å². The average molecular weight is 288 g/mol. The van der Waals surface area contributed by atoms with Gasteiger partial charge in [0, 0.05) is 19.7 Å². The van der Waals surface area contributed by atoms with Crippen molar-refractivity contribution < 1.29 is 8.42 Å². The number of sulfonamides is 1. The summed E-state index contributed by atoms with van der Waals surface area (Å²) in [6.07, 6.45) is 1.29. The smallest absolute Gasteiger partial charge is 0.284 e. The Balaban J connectivity index is 2.54. The van der Waals surface area contributed by atoms with Gasteiger partial charge in [0.25, 0.3) is 10.0 Å². The Morgan fingerprint density at radius 3 is 2.20 bits per heavy atom. The van der Waals surface area contributed by atoms with Crippen molar-refractivity contribution >= 4 is 16.4 Å².